The van der Waals surface area contributed by atoms with Crippen molar-refractivity contribution in [3.8, 4) is 0 Å². The van der Waals surface area contributed by atoms with E-state index in [9.17, 15) is 21.6 Å². The lowest BCUT2D eigenvalue weighted by Gasteiger charge is -2.34. The van der Waals surface area contributed by atoms with Gasteiger partial charge in [0.25, 0.3) is 0 Å². The molecule has 0 bridgehead atoms. The molecule has 0 aromatic heterocycles. The second kappa shape index (κ2) is 15.0. The minimum absolute atomic E-state index is 0. The average Bonchev–Trinajstić information content (AvgIpc) is 2.96. The fourth-order valence-corrected chi connectivity index (χ4v) is 7.59. The molecule has 11 heteroatoms. The first-order chi connectivity index (χ1) is 19.1. The van der Waals surface area contributed by atoms with E-state index in [0.717, 1.165) is 51.0 Å². The van der Waals surface area contributed by atoms with Gasteiger partial charge in [0, 0.05) is 31.2 Å². The summed E-state index contributed by atoms with van der Waals surface area (Å²) < 4.78 is 49.4. The van der Waals surface area contributed by atoms with Crippen molar-refractivity contribution in [1.82, 2.24) is 9.21 Å². The molecule has 8 nitrogen and oxygen atoms in total. The Hall–Kier alpha value is -1.98. The molecular formula is C30H44ClN3O5S2. The third-order valence-corrected chi connectivity index (χ3v) is 11.4. The molecule has 0 unspecified atom stereocenters. The van der Waals surface area contributed by atoms with Crippen molar-refractivity contribution >= 4 is 43.9 Å². The first-order valence-electron chi connectivity index (χ1n) is 14.4. The number of hydrogen-bond acceptors (Lipinski definition) is 6. The molecule has 0 radical (unpaired) electrons. The number of sulfone groups is 1. The number of piperidine rings is 2. The van der Waals surface area contributed by atoms with Gasteiger partial charge in [0.05, 0.1) is 16.9 Å². The van der Waals surface area contributed by atoms with Gasteiger partial charge in [-0.15, -0.1) is 12.4 Å². The molecule has 2 fully saturated rings. The van der Waals surface area contributed by atoms with E-state index in [1.165, 1.54) is 16.1 Å². The van der Waals surface area contributed by atoms with Crippen molar-refractivity contribution in [2.24, 2.45) is 11.8 Å². The maximum absolute atomic E-state index is 13.6. The van der Waals surface area contributed by atoms with E-state index >= 15 is 0 Å². The maximum Gasteiger partial charge on any atom is 0.230 e. The summed E-state index contributed by atoms with van der Waals surface area (Å²) in [6.45, 7) is 6.08. The summed E-state index contributed by atoms with van der Waals surface area (Å²) in [6.07, 6.45) is 6.40. The summed E-state index contributed by atoms with van der Waals surface area (Å²) in [7, 11) is -6.39. The predicted molar refractivity (Wildman–Crippen MR) is 167 cm³/mol. The lowest BCUT2D eigenvalue weighted by Crippen LogP contribution is -2.45. The van der Waals surface area contributed by atoms with Crippen LogP contribution >= 0.6 is 12.4 Å². The van der Waals surface area contributed by atoms with E-state index < -0.39 is 19.9 Å². The number of amides is 1. The van der Waals surface area contributed by atoms with Gasteiger partial charge in [-0.3, -0.25) is 4.79 Å². The van der Waals surface area contributed by atoms with Crippen LogP contribution in [-0.4, -0.2) is 83.2 Å². The van der Waals surface area contributed by atoms with Gasteiger partial charge < -0.3 is 9.80 Å². The molecular weight excluding hydrogens is 582 g/mol. The quantitative estimate of drug-likeness (QED) is 0.371. The van der Waals surface area contributed by atoms with Crippen LogP contribution in [0.1, 0.15) is 44.6 Å². The minimum Gasteiger partial charge on any atom is -0.312 e. The van der Waals surface area contributed by atoms with Crippen LogP contribution in [0.3, 0.4) is 0 Å². The highest BCUT2D eigenvalue weighted by Crippen LogP contribution is 2.26. The Morgan fingerprint density at radius 3 is 2.05 bits per heavy atom. The summed E-state index contributed by atoms with van der Waals surface area (Å²) >= 11 is 0. The maximum atomic E-state index is 13.6. The number of likely N-dealkylation sites (tertiary alicyclic amines) is 1. The molecule has 2 saturated heterocycles. The Balaban J connectivity index is 0.00000462. The van der Waals surface area contributed by atoms with Gasteiger partial charge in [0.1, 0.15) is 0 Å². The Morgan fingerprint density at radius 1 is 0.878 bits per heavy atom. The zero-order chi connectivity index (χ0) is 28.8. The van der Waals surface area contributed by atoms with E-state index in [0.29, 0.717) is 43.3 Å². The van der Waals surface area contributed by atoms with Crippen LogP contribution in [0.2, 0.25) is 0 Å². The molecule has 0 spiro atoms. The predicted octanol–water partition coefficient (Wildman–Crippen LogP) is 4.25. The summed E-state index contributed by atoms with van der Waals surface area (Å²) in [5, 5.41) is 0. The fourth-order valence-electron chi connectivity index (χ4n) is 5.83. The van der Waals surface area contributed by atoms with E-state index in [1.807, 2.05) is 47.4 Å². The molecule has 2 aromatic carbocycles. The van der Waals surface area contributed by atoms with Crippen molar-refractivity contribution in [2.45, 2.75) is 50.3 Å². The lowest BCUT2D eigenvalue weighted by molar-refractivity contribution is -0.123. The Kier molecular flexibility index (Phi) is 12.2. The Labute approximate surface area is 252 Å². The van der Waals surface area contributed by atoms with Crippen LogP contribution in [0, 0.1) is 11.8 Å². The third-order valence-electron chi connectivity index (χ3n) is 8.36. The number of carbonyl (C=O) groups is 1. The number of anilines is 1. The standard InChI is InChI=1S/C30H43N3O5S2.ClH/c1-3-40(37,38)29-12-10-25(11-13-29)24-26-14-20-31(21-15-26)18-7-19-33(28-8-5-4-6-9-28)30(34)27-16-22-32(23-17-27)39(2,35)36;/h4-6,8-13,26-27H,3,7,14-24H2,1-2H3;1H. The minimum atomic E-state index is -3.22. The van der Waals surface area contributed by atoms with E-state index in [2.05, 4.69) is 4.90 Å². The fraction of sp³-hybridized carbons (Fsp3) is 0.567. The zero-order valence-electron chi connectivity index (χ0n) is 24.2. The summed E-state index contributed by atoms with van der Waals surface area (Å²) in [6, 6.07) is 17.2. The first kappa shape index (κ1) is 33.5. The molecule has 2 aliphatic rings. The van der Waals surface area contributed by atoms with Gasteiger partial charge in [-0.05, 0) is 93.9 Å². The van der Waals surface area contributed by atoms with Crippen molar-refractivity contribution in [1.29, 1.82) is 0 Å². The molecule has 2 heterocycles. The molecule has 41 heavy (non-hydrogen) atoms. The van der Waals surface area contributed by atoms with Crippen molar-refractivity contribution in [2.75, 3.05) is 56.2 Å². The number of benzene rings is 2. The van der Waals surface area contributed by atoms with Crippen molar-refractivity contribution < 1.29 is 21.6 Å². The Morgan fingerprint density at radius 2 is 1.49 bits per heavy atom. The molecule has 0 N–H and O–H groups in total. The lowest BCUT2D eigenvalue weighted by atomic mass is 9.90. The smallest absolute Gasteiger partial charge is 0.230 e. The van der Waals surface area contributed by atoms with E-state index in [1.54, 1.807) is 19.1 Å². The molecule has 0 saturated carbocycles. The third kappa shape index (κ3) is 9.25. The van der Waals surface area contributed by atoms with Crippen molar-refractivity contribution in [3.05, 3.63) is 60.2 Å². The molecule has 228 valence electrons. The van der Waals surface area contributed by atoms with Gasteiger partial charge in [-0.25, -0.2) is 21.1 Å². The van der Waals surface area contributed by atoms with Gasteiger partial charge in [0.15, 0.2) is 9.84 Å². The van der Waals surface area contributed by atoms with Crippen LogP contribution in [0.5, 0.6) is 0 Å². The highest BCUT2D eigenvalue weighted by Gasteiger charge is 2.32. The topological polar surface area (TPSA) is 95.1 Å². The molecule has 0 aliphatic carbocycles. The van der Waals surface area contributed by atoms with Crippen LogP contribution in [0.25, 0.3) is 0 Å². The normalized spacial score (nSPS) is 18.1. The van der Waals surface area contributed by atoms with Gasteiger partial charge in [-0.1, -0.05) is 37.3 Å². The summed E-state index contributed by atoms with van der Waals surface area (Å²) in [5.74, 6) is 0.637. The number of nitrogens with zero attached hydrogens (tertiary/aromatic N) is 3. The number of sulfonamides is 1. The van der Waals surface area contributed by atoms with E-state index in [4.69, 9.17) is 0 Å². The summed E-state index contributed by atoms with van der Waals surface area (Å²) in [5.41, 5.74) is 2.09. The van der Waals surface area contributed by atoms with Gasteiger partial charge in [-0.2, -0.15) is 0 Å². The average molecular weight is 626 g/mol. The van der Waals surface area contributed by atoms with Gasteiger partial charge >= 0.3 is 0 Å². The van der Waals surface area contributed by atoms with Crippen molar-refractivity contribution in [3.63, 3.8) is 0 Å². The SMILES string of the molecule is CCS(=O)(=O)c1ccc(CC2CCN(CCCN(C(=O)C3CCN(S(C)(=O)=O)CC3)c3ccccc3)CC2)cc1.Cl. The summed E-state index contributed by atoms with van der Waals surface area (Å²) in [4.78, 5) is 18.3. The molecule has 4 rings (SSSR count). The van der Waals surface area contributed by atoms with Crippen LogP contribution in [0.4, 0.5) is 5.69 Å². The van der Waals surface area contributed by atoms with Crippen LogP contribution in [-0.2, 0) is 31.1 Å². The number of para-hydroxylation sites is 1. The van der Waals surface area contributed by atoms with Crippen LogP contribution in [0.15, 0.2) is 59.5 Å². The molecule has 2 aromatic rings. The monoisotopic (exact) mass is 625 g/mol. The van der Waals surface area contributed by atoms with E-state index in [-0.39, 0.29) is 30.0 Å². The molecule has 1 amide bonds. The highest BCUT2D eigenvalue weighted by molar-refractivity contribution is 7.91. The number of halogens is 1. The highest BCUT2D eigenvalue weighted by atomic mass is 35.5. The second-order valence-electron chi connectivity index (χ2n) is 11.2. The zero-order valence-corrected chi connectivity index (χ0v) is 26.6. The second-order valence-corrected chi connectivity index (χ2v) is 15.4. The largest absolute Gasteiger partial charge is 0.312 e. The van der Waals surface area contributed by atoms with Gasteiger partial charge in [0.2, 0.25) is 15.9 Å². The van der Waals surface area contributed by atoms with Crippen LogP contribution < -0.4 is 4.90 Å². The first-order valence-corrected chi connectivity index (χ1v) is 17.9. The Bertz CT molecular complexity index is 1320. The number of carbonyl (C=O) groups excluding carboxylic acids is 1. The number of hydrogen-bond donors (Lipinski definition) is 0. The molecule has 2 aliphatic heterocycles. The molecule has 0 atom stereocenters. The number of rotatable bonds is 11.